The quantitative estimate of drug-likeness (QED) is 0.621. The fourth-order valence-corrected chi connectivity index (χ4v) is 2.20. The topological polar surface area (TPSA) is 0 Å². The van der Waals surface area contributed by atoms with Crippen LogP contribution in [0.3, 0.4) is 0 Å². The van der Waals surface area contributed by atoms with Crippen molar-refractivity contribution in [1.82, 2.24) is 0 Å². The molecule has 1 fully saturated rings. The van der Waals surface area contributed by atoms with E-state index in [4.69, 9.17) is 0 Å². The van der Waals surface area contributed by atoms with Crippen molar-refractivity contribution in [2.24, 2.45) is 11.8 Å². The molecule has 0 heterocycles. The maximum Gasteiger partial charge on any atom is -0.0110 e. The maximum absolute atomic E-state index is 3.99. The Morgan fingerprint density at radius 3 is 2.20 bits per heavy atom. The van der Waals surface area contributed by atoms with Crippen LogP contribution in [0.1, 0.15) is 32.6 Å². The number of allylic oxidation sites excluding steroid dienone is 1. The summed E-state index contributed by atoms with van der Waals surface area (Å²) >= 11 is 2.37. The number of halogens is 1. The van der Waals surface area contributed by atoms with Crippen LogP contribution in [0, 0.1) is 11.8 Å². The molecular weight excluding hydrogens is 235 g/mol. The second kappa shape index (κ2) is 3.74. The zero-order valence-electron chi connectivity index (χ0n) is 6.57. The molecule has 0 unspecified atom stereocenters. The van der Waals surface area contributed by atoms with E-state index in [2.05, 4.69) is 36.1 Å². The molecule has 0 atom stereocenters. The van der Waals surface area contributed by atoms with Crippen molar-refractivity contribution in [2.75, 3.05) is 0 Å². The van der Waals surface area contributed by atoms with Crippen molar-refractivity contribution in [3.63, 3.8) is 0 Å². The van der Waals surface area contributed by atoms with Crippen molar-refractivity contribution in [1.29, 1.82) is 0 Å². The summed E-state index contributed by atoms with van der Waals surface area (Å²) in [5, 5.41) is 0. The lowest BCUT2D eigenvalue weighted by Crippen LogP contribution is -2.11. The smallest absolute Gasteiger partial charge is 0.0110 e. The van der Waals surface area contributed by atoms with Gasteiger partial charge in [-0.25, -0.2) is 0 Å². The SMILES string of the molecule is C=C(I)[C@H]1CC[C@H](C)CC1. The van der Waals surface area contributed by atoms with Gasteiger partial charge in [0.25, 0.3) is 0 Å². The third-order valence-corrected chi connectivity index (χ3v) is 3.34. The molecule has 0 bridgehead atoms. The average Bonchev–Trinajstić information content (AvgIpc) is 1.88. The van der Waals surface area contributed by atoms with Crippen LogP contribution in [0.25, 0.3) is 0 Å². The molecule has 0 aromatic carbocycles. The molecule has 0 spiro atoms. The Morgan fingerprint density at radius 2 is 1.80 bits per heavy atom. The van der Waals surface area contributed by atoms with E-state index in [1.54, 1.807) is 0 Å². The molecule has 1 saturated carbocycles. The van der Waals surface area contributed by atoms with Crippen molar-refractivity contribution < 1.29 is 0 Å². The summed E-state index contributed by atoms with van der Waals surface area (Å²) in [5.41, 5.74) is 0. The fraction of sp³-hybridized carbons (Fsp3) is 0.778. The highest BCUT2D eigenvalue weighted by molar-refractivity contribution is 14.1. The average molecular weight is 250 g/mol. The predicted octanol–water partition coefficient (Wildman–Crippen LogP) is 3.76. The monoisotopic (exact) mass is 250 g/mol. The van der Waals surface area contributed by atoms with Gasteiger partial charge in [0.05, 0.1) is 0 Å². The van der Waals surface area contributed by atoms with E-state index >= 15 is 0 Å². The summed E-state index contributed by atoms with van der Waals surface area (Å²) in [6.07, 6.45) is 5.57. The molecule has 0 aliphatic heterocycles. The van der Waals surface area contributed by atoms with Crippen LogP contribution in [0.15, 0.2) is 10.2 Å². The van der Waals surface area contributed by atoms with E-state index < -0.39 is 0 Å². The van der Waals surface area contributed by atoms with Gasteiger partial charge < -0.3 is 0 Å². The third-order valence-electron chi connectivity index (χ3n) is 2.46. The van der Waals surface area contributed by atoms with Gasteiger partial charge in [-0.2, -0.15) is 0 Å². The van der Waals surface area contributed by atoms with Gasteiger partial charge in [0.15, 0.2) is 0 Å². The van der Waals surface area contributed by atoms with E-state index in [0.717, 1.165) is 11.8 Å². The van der Waals surface area contributed by atoms with Crippen LogP contribution in [-0.2, 0) is 0 Å². The molecule has 58 valence electrons. The minimum Gasteiger partial charge on any atom is -0.0894 e. The Balaban J connectivity index is 2.33. The lowest BCUT2D eigenvalue weighted by molar-refractivity contribution is 0.329. The van der Waals surface area contributed by atoms with Gasteiger partial charge in [-0.1, -0.05) is 26.3 Å². The highest BCUT2D eigenvalue weighted by atomic mass is 127. The largest absolute Gasteiger partial charge is 0.0894 e. The van der Waals surface area contributed by atoms with Gasteiger partial charge in [-0.15, -0.1) is 0 Å². The van der Waals surface area contributed by atoms with Gasteiger partial charge in [0, 0.05) is 0 Å². The molecule has 0 saturated heterocycles. The van der Waals surface area contributed by atoms with Gasteiger partial charge in [0.1, 0.15) is 0 Å². The zero-order valence-corrected chi connectivity index (χ0v) is 8.73. The second-order valence-electron chi connectivity index (χ2n) is 3.40. The van der Waals surface area contributed by atoms with E-state index in [0.29, 0.717) is 0 Å². The van der Waals surface area contributed by atoms with E-state index in [1.807, 2.05) is 0 Å². The zero-order chi connectivity index (χ0) is 7.56. The summed E-state index contributed by atoms with van der Waals surface area (Å²) in [4.78, 5) is 0. The summed E-state index contributed by atoms with van der Waals surface area (Å²) < 4.78 is 1.37. The van der Waals surface area contributed by atoms with Crippen LogP contribution in [-0.4, -0.2) is 0 Å². The second-order valence-corrected chi connectivity index (χ2v) is 4.79. The van der Waals surface area contributed by atoms with Crippen LogP contribution in [0.4, 0.5) is 0 Å². The predicted molar refractivity (Wildman–Crippen MR) is 54.3 cm³/mol. The lowest BCUT2D eigenvalue weighted by atomic mass is 9.83. The molecular formula is C9H15I. The lowest BCUT2D eigenvalue weighted by Gasteiger charge is -2.25. The molecule has 1 aliphatic carbocycles. The van der Waals surface area contributed by atoms with Gasteiger partial charge >= 0.3 is 0 Å². The highest BCUT2D eigenvalue weighted by Gasteiger charge is 2.18. The normalized spacial score (nSPS) is 33.8. The maximum atomic E-state index is 3.99. The summed E-state index contributed by atoms with van der Waals surface area (Å²) in [5.74, 6) is 1.80. The van der Waals surface area contributed by atoms with Crippen LogP contribution in [0.5, 0.6) is 0 Å². The van der Waals surface area contributed by atoms with Crippen molar-refractivity contribution in [2.45, 2.75) is 32.6 Å². The molecule has 0 amide bonds. The molecule has 1 heteroatoms. The van der Waals surface area contributed by atoms with Crippen molar-refractivity contribution in [3.05, 3.63) is 10.2 Å². The molecule has 0 radical (unpaired) electrons. The summed E-state index contributed by atoms with van der Waals surface area (Å²) in [6, 6.07) is 0. The minimum atomic E-state index is 0.830. The standard InChI is InChI=1S/C9H15I/c1-7-3-5-9(6-4-7)8(2)10/h7,9H,2-6H2,1H3/t7-,9-. The Labute approximate surface area is 77.2 Å². The molecule has 0 N–H and O–H groups in total. The van der Waals surface area contributed by atoms with Crippen molar-refractivity contribution >= 4 is 22.6 Å². The molecule has 10 heavy (non-hydrogen) atoms. The Bertz CT molecular complexity index is 121. The Kier molecular flexibility index (Phi) is 3.21. The molecule has 0 aromatic heterocycles. The fourth-order valence-electron chi connectivity index (χ4n) is 1.57. The summed E-state index contributed by atoms with van der Waals surface area (Å²) in [7, 11) is 0. The first-order chi connectivity index (χ1) is 4.70. The minimum absolute atomic E-state index is 0.830. The molecule has 0 nitrogen and oxygen atoms in total. The highest BCUT2D eigenvalue weighted by Crippen LogP contribution is 2.34. The molecule has 0 aromatic rings. The first kappa shape index (κ1) is 8.57. The van der Waals surface area contributed by atoms with Gasteiger partial charge in [-0.05, 0) is 50.8 Å². The number of hydrogen-bond donors (Lipinski definition) is 0. The third kappa shape index (κ3) is 2.26. The van der Waals surface area contributed by atoms with Gasteiger partial charge in [0.2, 0.25) is 0 Å². The first-order valence-electron chi connectivity index (χ1n) is 4.04. The molecule has 1 aliphatic rings. The van der Waals surface area contributed by atoms with E-state index in [9.17, 15) is 0 Å². The van der Waals surface area contributed by atoms with Gasteiger partial charge in [-0.3, -0.25) is 0 Å². The Hall–Kier alpha value is 0.470. The number of rotatable bonds is 1. The Morgan fingerprint density at radius 1 is 1.30 bits per heavy atom. The first-order valence-corrected chi connectivity index (χ1v) is 5.12. The summed E-state index contributed by atoms with van der Waals surface area (Å²) in [6.45, 7) is 6.34. The van der Waals surface area contributed by atoms with E-state index in [-0.39, 0.29) is 0 Å². The number of hydrogen-bond acceptors (Lipinski definition) is 0. The van der Waals surface area contributed by atoms with E-state index in [1.165, 1.54) is 29.3 Å². The molecule has 1 rings (SSSR count). The van der Waals surface area contributed by atoms with Crippen molar-refractivity contribution in [3.8, 4) is 0 Å². The van der Waals surface area contributed by atoms with Crippen LogP contribution in [0.2, 0.25) is 0 Å². The van der Waals surface area contributed by atoms with Crippen LogP contribution < -0.4 is 0 Å². The van der Waals surface area contributed by atoms with Crippen LogP contribution >= 0.6 is 22.6 Å².